The molecule has 0 spiro atoms. The van der Waals surface area contributed by atoms with E-state index in [-0.39, 0.29) is 53.7 Å². The van der Waals surface area contributed by atoms with Crippen LogP contribution in [-0.2, 0) is 25.7 Å². The predicted molar refractivity (Wildman–Crippen MR) is 115 cm³/mol. The molecule has 2 fully saturated rings. The second-order valence-electron chi connectivity index (χ2n) is 8.47. The van der Waals surface area contributed by atoms with E-state index in [1.54, 1.807) is 11.8 Å². The lowest BCUT2D eigenvalue weighted by atomic mass is 9.78. The summed E-state index contributed by atoms with van der Waals surface area (Å²) in [5, 5.41) is 23.3. The Balaban J connectivity index is 1.45. The molecular weight excluding hydrogens is 452 g/mol. The summed E-state index contributed by atoms with van der Waals surface area (Å²) < 4.78 is 1.27. The van der Waals surface area contributed by atoms with Crippen LogP contribution in [0.4, 0.5) is 0 Å². The van der Waals surface area contributed by atoms with Crippen LogP contribution in [0.2, 0.25) is 0 Å². The zero-order valence-corrected chi connectivity index (χ0v) is 19.1. The number of hydrogen-bond acceptors (Lipinski definition) is 9. The predicted octanol–water partition coefficient (Wildman–Crippen LogP) is -1.76. The van der Waals surface area contributed by atoms with Crippen molar-refractivity contribution in [1.82, 2.24) is 35.3 Å². The van der Waals surface area contributed by atoms with Gasteiger partial charge >= 0.3 is 5.97 Å². The number of thioether (sulfide) groups is 1. The van der Waals surface area contributed by atoms with Gasteiger partial charge in [-0.25, -0.2) is 9.48 Å². The van der Waals surface area contributed by atoms with Gasteiger partial charge in [0, 0.05) is 35.2 Å². The van der Waals surface area contributed by atoms with Crippen LogP contribution in [0, 0.1) is 11.8 Å². The third-order valence-electron chi connectivity index (χ3n) is 6.38. The largest absolute Gasteiger partial charge is 0.477 e. The van der Waals surface area contributed by atoms with Crippen LogP contribution in [-0.4, -0.2) is 95.8 Å². The molecule has 2 saturated heterocycles. The number of carboxylic acids is 1. The third-order valence-corrected chi connectivity index (χ3v) is 7.92. The third kappa shape index (κ3) is 4.19. The number of fused-ring (bicyclic) bond motifs is 1. The molecule has 0 radical (unpaired) electrons. The fraction of sp³-hybridized carbons (Fsp3) is 0.632. The van der Waals surface area contributed by atoms with Gasteiger partial charge in [0.1, 0.15) is 18.6 Å². The standard InChI is InChI=1S/C19H26N8O5S/c1-9-15-14(10(2)22-12(28)7-26-8-21-23-24-26)18(30)27(15)16(19(31)32)17(9)33-11-3-4-25(6-11)13(29)5-20/h8-11,14-15H,3-7,20H2,1-2H3,(H,22,28)(H,31,32)/t9-,10-,11+,14-,15-/m1/s1. The highest BCUT2D eigenvalue weighted by molar-refractivity contribution is 8.03. The number of amides is 3. The van der Waals surface area contributed by atoms with Crippen LogP contribution in [0.15, 0.2) is 16.9 Å². The number of aliphatic carboxylic acids is 1. The Hall–Kier alpha value is -3.00. The maximum absolute atomic E-state index is 13.0. The Kier molecular flexibility index (Phi) is 6.38. The average molecular weight is 479 g/mol. The first-order chi connectivity index (χ1) is 15.7. The number of β-lactam (4-membered cyclic amide) rings is 1. The molecular formula is C19H26N8O5S. The molecule has 4 rings (SSSR count). The zero-order valence-electron chi connectivity index (χ0n) is 18.2. The fourth-order valence-electron chi connectivity index (χ4n) is 4.85. The van der Waals surface area contributed by atoms with Gasteiger partial charge in [-0.2, -0.15) is 0 Å². The second-order valence-corrected chi connectivity index (χ2v) is 9.81. The molecule has 3 amide bonds. The van der Waals surface area contributed by atoms with Gasteiger partial charge in [0.25, 0.3) is 0 Å². The van der Waals surface area contributed by atoms with Gasteiger partial charge in [0.15, 0.2) is 0 Å². The number of carbonyl (C=O) groups is 4. The summed E-state index contributed by atoms with van der Waals surface area (Å²) in [5.74, 6) is -2.69. The topological polar surface area (TPSA) is 177 Å². The van der Waals surface area contributed by atoms with E-state index in [4.69, 9.17) is 5.73 Å². The molecule has 33 heavy (non-hydrogen) atoms. The molecule has 4 N–H and O–H groups in total. The molecule has 178 valence electrons. The lowest BCUT2D eigenvalue weighted by molar-refractivity contribution is -0.158. The van der Waals surface area contributed by atoms with E-state index in [0.29, 0.717) is 18.0 Å². The van der Waals surface area contributed by atoms with Crippen LogP contribution in [0.5, 0.6) is 0 Å². The monoisotopic (exact) mass is 478 g/mol. The Labute approximate surface area is 193 Å². The van der Waals surface area contributed by atoms with E-state index in [1.807, 2.05) is 6.92 Å². The molecule has 14 heteroatoms. The summed E-state index contributed by atoms with van der Waals surface area (Å²) in [6.07, 6.45) is 2.04. The van der Waals surface area contributed by atoms with Crippen LogP contribution in [0.3, 0.4) is 0 Å². The molecule has 0 saturated carbocycles. The number of nitrogens with zero attached hydrogens (tertiary/aromatic N) is 6. The van der Waals surface area contributed by atoms with Crippen molar-refractivity contribution in [2.75, 3.05) is 19.6 Å². The number of rotatable bonds is 8. The highest BCUT2D eigenvalue weighted by Gasteiger charge is 2.60. The number of aromatic nitrogens is 4. The molecule has 4 heterocycles. The summed E-state index contributed by atoms with van der Waals surface area (Å²) >= 11 is 1.43. The Morgan fingerprint density at radius 3 is 2.79 bits per heavy atom. The smallest absolute Gasteiger partial charge is 0.353 e. The fourth-order valence-corrected chi connectivity index (χ4v) is 6.33. The van der Waals surface area contributed by atoms with Crippen molar-refractivity contribution in [2.24, 2.45) is 17.6 Å². The van der Waals surface area contributed by atoms with E-state index in [1.165, 1.54) is 27.7 Å². The Bertz CT molecular complexity index is 998. The first-order valence-electron chi connectivity index (χ1n) is 10.7. The second kappa shape index (κ2) is 9.09. The summed E-state index contributed by atoms with van der Waals surface area (Å²) in [4.78, 5) is 52.9. The Morgan fingerprint density at radius 1 is 1.39 bits per heavy atom. The summed E-state index contributed by atoms with van der Waals surface area (Å²) in [5.41, 5.74) is 5.46. The SMILES string of the molecule is C[C@@H](NC(=O)Cn1cnnn1)[C@H]1C(=O)N2C(C(=O)O)=C(S[C@H]3CCN(C(=O)CN)C3)[C@H](C)[C@H]12. The Morgan fingerprint density at radius 2 is 2.15 bits per heavy atom. The summed E-state index contributed by atoms with van der Waals surface area (Å²) in [6.45, 7) is 4.58. The molecule has 5 atom stereocenters. The number of likely N-dealkylation sites (tertiary alicyclic amines) is 1. The molecule has 3 aliphatic heterocycles. The molecule has 0 unspecified atom stereocenters. The summed E-state index contributed by atoms with van der Waals surface area (Å²) in [7, 11) is 0. The number of carbonyl (C=O) groups excluding carboxylic acids is 3. The van der Waals surface area contributed by atoms with Gasteiger partial charge in [-0.1, -0.05) is 6.92 Å². The normalized spacial score (nSPS) is 27.4. The van der Waals surface area contributed by atoms with E-state index in [9.17, 15) is 24.3 Å². The molecule has 0 aromatic carbocycles. The number of hydrogen-bond donors (Lipinski definition) is 3. The van der Waals surface area contributed by atoms with Crippen LogP contribution in [0.25, 0.3) is 0 Å². The van der Waals surface area contributed by atoms with Gasteiger partial charge in [-0.15, -0.1) is 16.9 Å². The van der Waals surface area contributed by atoms with Crippen LogP contribution < -0.4 is 11.1 Å². The molecule has 1 aromatic rings. The quantitative estimate of drug-likeness (QED) is 0.363. The van der Waals surface area contributed by atoms with Crippen LogP contribution >= 0.6 is 11.8 Å². The van der Waals surface area contributed by atoms with Crippen molar-refractivity contribution in [2.45, 2.75) is 44.1 Å². The molecule has 0 bridgehead atoms. The number of nitrogens with two attached hydrogens (primary N) is 1. The van der Waals surface area contributed by atoms with Crippen LogP contribution in [0.1, 0.15) is 20.3 Å². The van der Waals surface area contributed by atoms with Gasteiger partial charge in [0.2, 0.25) is 17.7 Å². The zero-order chi connectivity index (χ0) is 23.9. The van der Waals surface area contributed by atoms with Gasteiger partial charge in [-0.3, -0.25) is 14.4 Å². The minimum atomic E-state index is -1.15. The van der Waals surface area contributed by atoms with E-state index in [0.717, 1.165) is 6.42 Å². The molecule has 3 aliphatic rings. The van der Waals surface area contributed by atoms with Crippen molar-refractivity contribution in [3.05, 3.63) is 16.9 Å². The maximum Gasteiger partial charge on any atom is 0.353 e. The van der Waals surface area contributed by atoms with Crippen molar-refractivity contribution in [1.29, 1.82) is 0 Å². The van der Waals surface area contributed by atoms with Crippen molar-refractivity contribution in [3.63, 3.8) is 0 Å². The number of carboxylic acid groups (broad SMARTS) is 1. The molecule has 1 aromatic heterocycles. The summed E-state index contributed by atoms with van der Waals surface area (Å²) in [6, 6.07) is -0.841. The van der Waals surface area contributed by atoms with Gasteiger partial charge in [-0.05, 0) is 23.8 Å². The van der Waals surface area contributed by atoms with E-state index >= 15 is 0 Å². The first kappa shape index (κ1) is 23.2. The highest BCUT2D eigenvalue weighted by atomic mass is 32.2. The van der Waals surface area contributed by atoms with E-state index < -0.39 is 17.9 Å². The average Bonchev–Trinajstić information content (AvgIpc) is 3.48. The van der Waals surface area contributed by atoms with Crippen molar-refractivity contribution >= 4 is 35.5 Å². The van der Waals surface area contributed by atoms with Crippen molar-refractivity contribution < 1.29 is 24.3 Å². The lowest BCUT2D eigenvalue weighted by Gasteiger charge is -2.47. The van der Waals surface area contributed by atoms with Gasteiger partial charge < -0.3 is 26.0 Å². The number of nitrogens with one attached hydrogen (secondary N) is 1. The lowest BCUT2D eigenvalue weighted by Crippen LogP contribution is -2.66. The molecule has 13 nitrogen and oxygen atoms in total. The van der Waals surface area contributed by atoms with Crippen molar-refractivity contribution in [3.8, 4) is 0 Å². The number of tetrazole rings is 1. The van der Waals surface area contributed by atoms with E-state index in [2.05, 4.69) is 20.8 Å². The first-order valence-corrected chi connectivity index (χ1v) is 11.6. The maximum atomic E-state index is 13.0. The molecule has 0 aliphatic carbocycles. The minimum absolute atomic E-state index is 0.00886. The van der Waals surface area contributed by atoms with Gasteiger partial charge in [0.05, 0.1) is 18.5 Å². The highest BCUT2D eigenvalue weighted by Crippen LogP contribution is 2.51. The minimum Gasteiger partial charge on any atom is -0.477 e.